The topological polar surface area (TPSA) is 21.3 Å². The zero-order valence-corrected chi connectivity index (χ0v) is 12.4. The van der Waals surface area contributed by atoms with Gasteiger partial charge in [0.05, 0.1) is 7.11 Å². The number of rotatable bonds is 5. The fourth-order valence-corrected chi connectivity index (χ4v) is 2.37. The summed E-state index contributed by atoms with van der Waals surface area (Å²) in [4.78, 5) is 0. The third-order valence-corrected chi connectivity index (χ3v) is 3.55. The first kappa shape index (κ1) is 15.4. The van der Waals surface area contributed by atoms with Gasteiger partial charge in [-0.1, -0.05) is 24.3 Å². The van der Waals surface area contributed by atoms with Crippen LogP contribution in [0.4, 0.5) is 8.78 Å². The van der Waals surface area contributed by atoms with Crippen molar-refractivity contribution in [2.45, 2.75) is 25.9 Å². The second kappa shape index (κ2) is 6.68. The third-order valence-electron chi connectivity index (χ3n) is 3.55. The van der Waals surface area contributed by atoms with Crippen molar-refractivity contribution in [1.82, 2.24) is 5.32 Å². The molecule has 0 amide bonds. The maximum Gasteiger partial charge on any atom is 0.159 e. The van der Waals surface area contributed by atoms with Gasteiger partial charge in [0.25, 0.3) is 0 Å². The number of hydrogen-bond acceptors (Lipinski definition) is 2. The van der Waals surface area contributed by atoms with Crippen LogP contribution in [0.15, 0.2) is 42.5 Å². The van der Waals surface area contributed by atoms with Crippen molar-refractivity contribution >= 4 is 0 Å². The number of benzene rings is 2. The van der Waals surface area contributed by atoms with Gasteiger partial charge >= 0.3 is 0 Å². The molecular formula is C17H19F2NO. The molecule has 2 aromatic rings. The molecule has 2 atom stereocenters. The predicted molar refractivity (Wildman–Crippen MR) is 79.3 cm³/mol. The van der Waals surface area contributed by atoms with Crippen LogP contribution < -0.4 is 10.1 Å². The Morgan fingerprint density at radius 1 is 0.952 bits per heavy atom. The van der Waals surface area contributed by atoms with Crippen molar-refractivity contribution in [2.24, 2.45) is 0 Å². The lowest BCUT2D eigenvalue weighted by atomic mass is 10.0. The lowest BCUT2D eigenvalue weighted by Gasteiger charge is -2.22. The van der Waals surface area contributed by atoms with Gasteiger partial charge in [-0.25, -0.2) is 8.78 Å². The Hall–Kier alpha value is -1.94. The second-order valence-corrected chi connectivity index (χ2v) is 5.03. The molecule has 0 fully saturated rings. The van der Waals surface area contributed by atoms with E-state index in [-0.39, 0.29) is 12.1 Å². The molecule has 0 saturated carbocycles. The Bertz CT molecular complexity index is 615. The van der Waals surface area contributed by atoms with E-state index in [4.69, 9.17) is 4.74 Å². The van der Waals surface area contributed by atoms with Crippen molar-refractivity contribution < 1.29 is 13.5 Å². The molecule has 0 aliphatic rings. The van der Waals surface area contributed by atoms with Crippen molar-refractivity contribution in [3.63, 3.8) is 0 Å². The van der Waals surface area contributed by atoms with Crippen molar-refractivity contribution in [1.29, 1.82) is 0 Å². The molecule has 4 heteroatoms. The molecule has 0 aromatic heterocycles. The van der Waals surface area contributed by atoms with Crippen LogP contribution in [-0.4, -0.2) is 7.11 Å². The van der Waals surface area contributed by atoms with E-state index in [0.29, 0.717) is 5.56 Å². The van der Waals surface area contributed by atoms with Gasteiger partial charge in [0, 0.05) is 17.6 Å². The molecule has 0 heterocycles. The highest BCUT2D eigenvalue weighted by Crippen LogP contribution is 2.27. The SMILES string of the molecule is COc1ccccc1[C@H](C)NC(C)c1ccc(F)c(F)c1. The van der Waals surface area contributed by atoms with Gasteiger partial charge in [-0.2, -0.15) is 0 Å². The van der Waals surface area contributed by atoms with Gasteiger partial charge in [0.15, 0.2) is 11.6 Å². The monoisotopic (exact) mass is 291 g/mol. The Balaban J connectivity index is 2.14. The number of nitrogens with one attached hydrogen (secondary N) is 1. The molecule has 0 saturated heterocycles. The molecule has 0 aliphatic carbocycles. The van der Waals surface area contributed by atoms with Crippen molar-refractivity contribution in [2.75, 3.05) is 7.11 Å². The molecule has 0 bridgehead atoms. The van der Waals surface area contributed by atoms with Gasteiger partial charge in [-0.3, -0.25) is 0 Å². The van der Waals surface area contributed by atoms with E-state index in [9.17, 15) is 8.78 Å². The quantitative estimate of drug-likeness (QED) is 0.882. The first-order valence-electron chi connectivity index (χ1n) is 6.87. The summed E-state index contributed by atoms with van der Waals surface area (Å²) in [5, 5.41) is 3.36. The summed E-state index contributed by atoms with van der Waals surface area (Å²) in [5.74, 6) is -0.857. The molecule has 112 valence electrons. The van der Waals surface area contributed by atoms with Gasteiger partial charge in [-0.05, 0) is 37.6 Å². The van der Waals surface area contributed by atoms with E-state index in [1.165, 1.54) is 6.07 Å². The lowest BCUT2D eigenvalue weighted by molar-refractivity contribution is 0.396. The molecule has 1 N–H and O–H groups in total. The van der Waals surface area contributed by atoms with Crippen LogP contribution >= 0.6 is 0 Å². The first-order valence-corrected chi connectivity index (χ1v) is 6.87. The van der Waals surface area contributed by atoms with E-state index in [1.807, 2.05) is 38.1 Å². The summed E-state index contributed by atoms with van der Waals surface area (Å²) in [5.41, 5.74) is 1.73. The van der Waals surface area contributed by atoms with E-state index in [1.54, 1.807) is 13.2 Å². The average Bonchev–Trinajstić information content (AvgIpc) is 2.49. The van der Waals surface area contributed by atoms with E-state index in [0.717, 1.165) is 17.4 Å². The smallest absolute Gasteiger partial charge is 0.159 e. The summed E-state index contributed by atoms with van der Waals surface area (Å²) < 4.78 is 31.6. The molecule has 2 rings (SSSR count). The van der Waals surface area contributed by atoms with Gasteiger partial charge in [0.1, 0.15) is 5.75 Å². The second-order valence-electron chi connectivity index (χ2n) is 5.03. The van der Waals surface area contributed by atoms with Gasteiger partial charge in [0.2, 0.25) is 0 Å². The van der Waals surface area contributed by atoms with Gasteiger partial charge in [-0.15, -0.1) is 0 Å². The van der Waals surface area contributed by atoms with Crippen LogP contribution in [0.25, 0.3) is 0 Å². The summed E-state index contributed by atoms with van der Waals surface area (Å²) in [6.07, 6.45) is 0. The number of para-hydroxylation sites is 1. The van der Waals surface area contributed by atoms with Crippen LogP contribution in [0.1, 0.15) is 37.1 Å². The fraction of sp³-hybridized carbons (Fsp3) is 0.294. The van der Waals surface area contributed by atoms with Crippen LogP contribution in [0.5, 0.6) is 5.75 Å². The fourth-order valence-electron chi connectivity index (χ4n) is 2.37. The molecule has 2 nitrogen and oxygen atoms in total. The Kier molecular flexibility index (Phi) is 4.91. The zero-order valence-electron chi connectivity index (χ0n) is 12.4. The normalized spacial score (nSPS) is 13.8. The molecular weight excluding hydrogens is 272 g/mol. The lowest BCUT2D eigenvalue weighted by Crippen LogP contribution is -2.23. The number of methoxy groups -OCH3 is 1. The van der Waals surface area contributed by atoms with Gasteiger partial charge < -0.3 is 10.1 Å². The molecule has 2 aromatic carbocycles. The Morgan fingerprint density at radius 2 is 1.67 bits per heavy atom. The van der Waals surface area contributed by atoms with Crippen LogP contribution in [0.2, 0.25) is 0 Å². The molecule has 0 spiro atoms. The van der Waals surface area contributed by atoms with Crippen LogP contribution in [-0.2, 0) is 0 Å². The van der Waals surface area contributed by atoms with E-state index >= 15 is 0 Å². The zero-order chi connectivity index (χ0) is 15.4. The highest BCUT2D eigenvalue weighted by Gasteiger charge is 2.15. The largest absolute Gasteiger partial charge is 0.496 e. The Morgan fingerprint density at radius 3 is 2.33 bits per heavy atom. The molecule has 21 heavy (non-hydrogen) atoms. The van der Waals surface area contributed by atoms with Crippen LogP contribution in [0, 0.1) is 11.6 Å². The predicted octanol–water partition coefficient (Wildman–Crippen LogP) is 4.39. The first-order chi connectivity index (χ1) is 10.0. The maximum absolute atomic E-state index is 13.3. The summed E-state index contributed by atoms with van der Waals surface area (Å²) in [6.45, 7) is 3.92. The maximum atomic E-state index is 13.3. The van der Waals surface area contributed by atoms with Crippen molar-refractivity contribution in [3.05, 3.63) is 65.2 Å². The summed E-state index contributed by atoms with van der Waals surface area (Å²) in [7, 11) is 1.63. The number of halogens is 2. The summed E-state index contributed by atoms with van der Waals surface area (Å²) in [6, 6.07) is 11.6. The standard InChI is InChI=1S/C17H19F2NO/c1-11(13-8-9-15(18)16(19)10-13)20-12(2)14-6-4-5-7-17(14)21-3/h4-12,20H,1-3H3/t11?,12-/m0/s1. The number of hydrogen-bond donors (Lipinski definition) is 1. The van der Waals surface area contributed by atoms with E-state index in [2.05, 4.69) is 5.32 Å². The minimum atomic E-state index is -0.830. The Labute approximate surface area is 123 Å². The molecule has 0 radical (unpaired) electrons. The minimum Gasteiger partial charge on any atom is -0.496 e. The number of ether oxygens (including phenoxy) is 1. The average molecular weight is 291 g/mol. The highest BCUT2D eigenvalue weighted by molar-refractivity contribution is 5.35. The highest BCUT2D eigenvalue weighted by atomic mass is 19.2. The van der Waals surface area contributed by atoms with E-state index < -0.39 is 11.6 Å². The molecule has 0 aliphatic heterocycles. The van der Waals surface area contributed by atoms with Crippen molar-refractivity contribution in [3.8, 4) is 5.75 Å². The third kappa shape index (κ3) is 3.58. The molecule has 1 unspecified atom stereocenters. The van der Waals surface area contributed by atoms with Crippen LogP contribution in [0.3, 0.4) is 0 Å². The summed E-state index contributed by atoms with van der Waals surface area (Å²) >= 11 is 0. The minimum absolute atomic E-state index is 0.0178.